The third-order valence-corrected chi connectivity index (χ3v) is 4.43. The highest BCUT2D eigenvalue weighted by molar-refractivity contribution is 6.30. The fourth-order valence-electron chi connectivity index (χ4n) is 2.91. The summed E-state index contributed by atoms with van der Waals surface area (Å²) in [6.07, 6.45) is 4.78. The molecular formula is C15H20ClFO. The van der Waals surface area contributed by atoms with Gasteiger partial charge in [0.25, 0.3) is 0 Å². The highest BCUT2D eigenvalue weighted by Gasteiger charge is 2.28. The van der Waals surface area contributed by atoms with Crippen molar-refractivity contribution >= 4 is 11.6 Å². The molecule has 18 heavy (non-hydrogen) atoms. The lowest BCUT2D eigenvalue weighted by Crippen LogP contribution is -2.20. The Morgan fingerprint density at radius 2 is 2.00 bits per heavy atom. The molecule has 0 radical (unpaired) electrons. The lowest BCUT2D eigenvalue weighted by molar-refractivity contribution is 0.0701. The molecule has 1 saturated carbocycles. The van der Waals surface area contributed by atoms with Gasteiger partial charge in [0.05, 0.1) is 6.10 Å². The molecule has 1 N–H and O–H groups in total. The van der Waals surface area contributed by atoms with E-state index in [-0.39, 0.29) is 5.92 Å². The van der Waals surface area contributed by atoms with E-state index < -0.39 is 11.9 Å². The number of halogens is 2. The lowest BCUT2D eigenvalue weighted by Gasteiger charge is -2.31. The van der Waals surface area contributed by atoms with Crippen molar-refractivity contribution in [3.05, 3.63) is 34.6 Å². The minimum Gasteiger partial charge on any atom is -0.388 e. The van der Waals surface area contributed by atoms with Gasteiger partial charge in [-0.2, -0.15) is 0 Å². The molecule has 0 aliphatic heterocycles. The first kappa shape index (κ1) is 13.8. The van der Waals surface area contributed by atoms with Gasteiger partial charge < -0.3 is 5.11 Å². The summed E-state index contributed by atoms with van der Waals surface area (Å²) in [5, 5.41) is 10.7. The normalized spacial score (nSPS) is 26.0. The molecule has 1 aromatic carbocycles. The predicted octanol–water partition coefficient (Wildman–Crippen LogP) is 4.73. The fourth-order valence-corrected chi connectivity index (χ4v) is 3.07. The van der Waals surface area contributed by atoms with Crippen molar-refractivity contribution in [2.75, 3.05) is 0 Å². The van der Waals surface area contributed by atoms with E-state index in [0.29, 0.717) is 10.6 Å². The van der Waals surface area contributed by atoms with E-state index in [0.717, 1.165) is 31.6 Å². The zero-order chi connectivity index (χ0) is 13.1. The standard InChI is InChI=1S/C15H20ClFO/c1-2-10-3-5-11(6-4-10)15(18)13-8-7-12(16)9-14(13)17/h7-11,15,18H,2-6H2,1H3. The highest BCUT2D eigenvalue weighted by Crippen LogP contribution is 2.38. The molecular weight excluding hydrogens is 251 g/mol. The van der Waals surface area contributed by atoms with E-state index in [9.17, 15) is 9.50 Å². The second-order valence-electron chi connectivity index (χ2n) is 5.30. The van der Waals surface area contributed by atoms with Crippen LogP contribution in [0.15, 0.2) is 18.2 Å². The maximum atomic E-state index is 13.8. The summed E-state index contributed by atoms with van der Waals surface area (Å²) in [6, 6.07) is 4.52. The highest BCUT2D eigenvalue weighted by atomic mass is 35.5. The Morgan fingerprint density at radius 1 is 1.33 bits per heavy atom. The fraction of sp³-hybridized carbons (Fsp3) is 0.600. The number of hydrogen-bond donors (Lipinski definition) is 1. The predicted molar refractivity (Wildman–Crippen MR) is 72.1 cm³/mol. The molecule has 1 atom stereocenters. The second kappa shape index (κ2) is 6.03. The van der Waals surface area contributed by atoms with Crippen molar-refractivity contribution in [2.24, 2.45) is 11.8 Å². The van der Waals surface area contributed by atoms with Crippen LogP contribution in [0, 0.1) is 17.7 Å². The smallest absolute Gasteiger partial charge is 0.130 e. The summed E-state index contributed by atoms with van der Waals surface area (Å²) in [5.41, 5.74) is 0.388. The van der Waals surface area contributed by atoms with E-state index in [4.69, 9.17) is 11.6 Å². The van der Waals surface area contributed by atoms with Gasteiger partial charge in [-0.05, 0) is 36.8 Å². The Morgan fingerprint density at radius 3 is 2.56 bits per heavy atom. The first-order valence-corrected chi connectivity index (χ1v) is 7.12. The SMILES string of the molecule is CCC1CCC(C(O)c2ccc(Cl)cc2F)CC1. The topological polar surface area (TPSA) is 20.2 Å². The molecule has 0 spiro atoms. The van der Waals surface area contributed by atoms with E-state index >= 15 is 0 Å². The van der Waals surface area contributed by atoms with Gasteiger partial charge in [0.1, 0.15) is 5.82 Å². The zero-order valence-corrected chi connectivity index (χ0v) is 11.5. The number of aliphatic hydroxyl groups excluding tert-OH is 1. The number of aliphatic hydroxyl groups is 1. The van der Waals surface area contributed by atoms with Crippen molar-refractivity contribution < 1.29 is 9.50 Å². The van der Waals surface area contributed by atoms with E-state index in [1.165, 1.54) is 12.5 Å². The minimum absolute atomic E-state index is 0.184. The number of rotatable bonds is 3. The lowest BCUT2D eigenvalue weighted by atomic mass is 9.77. The molecule has 1 aromatic rings. The summed E-state index contributed by atoms with van der Waals surface area (Å²) in [7, 11) is 0. The van der Waals surface area contributed by atoms with Gasteiger partial charge in [-0.3, -0.25) is 0 Å². The van der Waals surface area contributed by atoms with Crippen molar-refractivity contribution in [2.45, 2.75) is 45.1 Å². The average molecular weight is 271 g/mol. The van der Waals surface area contributed by atoms with Crippen LogP contribution < -0.4 is 0 Å². The molecule has 2 rings (SSSR count). The monoisotopic (exact) mass is 270 g/mol. The van der Waals surface area contributed by atoms with E-state index in [1.807, 2.05) is 0 Å². The zero-order valence-electron chi connectivity index (χ0n) is 10.7. The van der Waals surface area contributed by atoms with Gasteiger partial charge in [0.2, 0.25) is 0 Å². The summed E-state index contributed by atoms with van der Waals surface area (Å²) < 4.78 is 13.8. The molecule has 1 aliphatic carbocycles. The Labute approximate surface area is 113 Å². The van der Waals surface area contributed by atoms with Crippen LogP contribution in [0.1, 0.15) is 50.7 Å². The molecule has 1 fully saturated rings. The molecule has 0 bridgehead atoms. The largest absolute Gasteiger partial charge is 0.388 e. The third-order valence-electron chi connectivity index (χ3n) is 4.20. The molecule has 0 aromatic heterocycles. The summed E-state index contributed by atoms with van der Waals surface area (Å²) in [6.45, 7) is 2.21. The number of hydrogen-bond acceptors (Lipinski definition) is 1. The van der Waals surface area contributed by atoms with Crippen molar-refractivity contribution in [1.82, 2.24) is 0 Å². The first-order chi connectivity index (χ1) is 8.61. The van der Waals surface area contributed by atoms with Crippen LogP contribution in [0.5, 0.6) is 0 Å². The maximum Gasteiger partial charge on any atom is 0.130 e. The molecule has 0 saturated heterocycles. The first-order valence-electron chi connectivity index (χ1n) is 6.74. The quantitative estimate of drug-likeness (QED) is 0.842. The van der Waals surface area contributed by atoms with Crippen LogP contribution in [0.4, 0.5) is 4.39 Å². The molecule has 3 heteroatoms. The molecule has 100 valence electrons. The maximum absolute atomic E-state index is 13.8. The average Bonchev–Trinajstić information content (AvgIpc) is 2.38. The van der Waals surface area contributed by atoms with Crippen LogP contribution >= 0.6 is 11.6 Å². The van der Waals surface area contributed by atoms with E-state index in [1.54, 1.807) is 12.1 Å². The van der Waals surface area contributed by atoms with Gasteiger partial charge in [-0.15, -0.1) is 0 Å². The summed E-state index contributed by atoms with van der Waals surface area (Å²) in [4.78, 5) is 0. The van der Waals surface area contributed by atoms with Gasteiger partial charge in [0.15, 0.2) is 0 Å². The van der Waals surface area contributed by atoms with E-state index in [2.05, 4.69) is 6.92 Å². The van der Waals surface area contributed by atoms with Crippen LogP contribution in [-0.4, -0.2) is 5.11 Å². The van der Waals surface area contributed by atoms with Gasteiger partial charge in [-0.25, -0.2) is 4.39 Å². The molecule has 1 aliphatic rings. The van der Waals surface area contributed by atoms with Crippen molar-refractivity contribution in [3.63, 3.8) is 0 Å². The van der Waals surface area contributed by atoms with Gasteiger partial charge in [0, 0.05) is 10.6 Å². The Kier molecular flexibility index (Phi) is 4.63. The van der Waals surface area contributed by atoms with Gasteiger partial charge >= 0.3 is 0 Å². The Bertz CT molecular complexity index is 399. The minimum atomic E-state index is -0.694. The summed E-state index contributed by atoms with van der Waals surface area (Å²) in [5.74, 6) is 0.569. The molecule has 1 nitrogen and oxygen atoms in total. The van der Waals surface area contributed by atoms with Crippen molar-refractivity contribution in [1.29, 1.82) is 0 Å². The second-order valence-corrected chi connectivity index (χ2v) is 5.74. The molecule has 1 unspecified atom stereocenters. The van der Waals surface area contributed by atoms with Crippen LogP contribution in [0.25, 0.3) is 0 Å². The van der Waals surface area contributed by atoms with Crippen LogP contribution in [-0.2, 0) is 0 Å². The van der Waals surface area contributed by atoms with Gasteiger partial charge in [-0.1, -0.05) is 43.9 Å². The summed E-state index contributed by atoms with van der Waals surface area (Å²) >= 11 is 5.72. The van der Waals surface area contributed by atoms with Crippen molar-refractivity contribution in [3.8, 4) is 0 Å². The Hall–Kier alpha value is -0.600. The third kappa shape index (κ3) is 3.04. The molecule has 0 heterocycles. The molecule has 0 amide bonds. The van der Waals surface area contributed by atoms with Crippen LogP contribution in [0.2, 0.25) is 5.02 Å². The number of benzene rings is 1. The Balaban J connectivity index is 2.05. The van der Waals surface area contributed by atoms with Crippen LogP contribution in [0.3, 0.4) is 0 Å².